The molecule has 0 saturated carbocycles. The van der Waals surface area contributed by atoms with Gasteiger partial charge in [0.2, 0.25) is 23.6 Å². The fourth-order valence-corrected chi connectivity index (χ4v) is 9.99. The molecule has 1 rings (SSSR count). The van der Waals surface area contributed by atoms with Gasteiger partial charge in [0, 0.05) is 90.8 Å². The fourth-order valence-electron chi connectivity index (χ4n) is 9.99. The number of amides is 4. The van der Waals surface area contributed by atoms with E-state index in [2.05, 4.69) is 51.8 Å². The van der Waals surface area contributed by atoms with E-state index in [-0.39, 0.29) is 87.8 Å². The van der Waals surface area contributed by atoms with Gasteiger partial charge in [0.15, 0.2) is 0 Å². The van der Waals surface area contributed by atoms with Crippen LogP contribution in [0, 0.1) is 0 Å². The third kappa shape index (κ3) is 38.0. The summed E-state index contributed by atoms with van der Waals surface area (Å²) in [7, 11) is 0. The molecule has 454 valence electrons. The minimum absolute atomic E-state index is 0.0200. The lowest BCUT2D eigenvalue weighted by Crippen LogP contribution is -2.59. The molecule has 0 atom stereocenters. The molecule has 1 N–H and O–H groups in total. The molecule has 1 aliphatic heterocycles. The highest BCUT2D eigenvalue weighted by atomic mass is 16.6. The van der Waals surface area contributed by atoms with Gasteiger partial charge in [-0.1, -0.05) is 164 Å². The number of hydrogen-bond acceptors (Lipinski definition) is 11. The normalized spacial score (nSPS) is 12.7. The summed E-state index contributed by atoms with van der Waals surface area (Å²) < 4.78 is 17.7. The quantitative estimate of drug-likeness (QED) is 0.0349. The molecule has 0 unspecified atom stereocenters. The van der Waals surface area contributed by atoms with Gasteiger partial charge >= 0.3 is 17.9 Å². The van der Waals surface area contributed by atoms with E-state index in [1.165, 1.54) is 0 Å². The lowest BCUT2D eigenvalue weighted by molar-refractivity contribution is -0.159. The van der Waals surface area contributed by atoms with Crippen LogP contribution in [0.25, 0.3) is 0 Å². The summed E-state index contributed by atoms with van der Waals surface area (Å²) >= 11 is 0. The molecule has 0 aromatic rings. The fraction of sp³-hybridized carbons (Fsp3) is 0.889. The Morgan fingerprint density at radius 3 is 0.910 bits per heavy atom. The number of nitrogens with zero attached hydrogens (tertiary/aromatic N) is 4. The van der Waals surface area contributed by atoms with Crippen molar-refractivity contribution in [3.8, 4) is 0 Å². The molecule has 78 heavy (non-hydrogen) atoms. The van der Waals surface area contributed by atoms with Crippen molar-refractivity contribution in [3.63, 3.8) is 0 Å². The van der Waals surface area contributed by atoms with Gasteiger partial charge in [0.1, 0.15) is 25.4 Å². The van der Waals surface area contributed by atoms with E-state index in [9.17, 15) is 33.6 Å². The number of unbranched alkanes of at least 4 members (excludes halogenated alkanes) is 18. The molecule has 4 amide bonds. The van der Waals surface area contributed by atoms with Gasteiger partial charge in [0.25, 0.3) is 0 Å². The Kier molecular flexibility index (Phi) is 45.5. The topological polar surface area (TPSA) is 172 Å². The largest absolute Gasteiger partial charge is 0.463 e. The molecular weight excluding hydrogens is 987 g/mol. The van der Waals surface area contributed by atoms with E-state index < -0.39 is 43.3 Å². The van der Waals surface area contributed by atoms with Crippen LogP contribution in [0.1, 0.15) is 279 Å². The van der Waals surface area contributed by atoms with Gasteiger partial charge in [-0.25, -0.2) is 0 Å². The number of esters is 3. The maximum atomic E-state index is 14.0. The zero-order chi connectivity index (χ0) is 57.3. The molecule has 0 aromatic carbocycles. The molecular formula is C63H117N5O10. The van der Waals surface area contributed by atoms with Gasteiger partial charge in [0.05, 0.1) is 0 Å². The highest BCUT2D eigenvalue weighted by Gasteiger charge is 2.38. The van der Waals surface area contributed by atoms with Crippen molar-refractivity contribution in [2.45, 2.75) is 285 Å². The predicted molar refractivity (Wildman–Crippen MR) is 315 cm³/mol. The van der Waals surface area contributed by atoms with Crippen molar-refractivity contribution in [1.29, 1.82) is 0 Å². The average molecular weight is 1100 g/mol. The Morgan fingerprint density at radius 2 is 0.641 bits per heavy atom. The molecule has 1 fully saturated rings. The van der Waals surface area contributed by atoms with Crippen molar-refractivity contribution >= 4 is 41.5 Å². The maximum Gasteiger partial charge on any atom is 0.305 e. The molecule has 1 heterocycles. The predicted octanol–water partition coefficient (Wildman–Crippen LogP) is 12.8. The SMILES string of the molecule is CCCCCCN(CCCCCC)C(=O)CCCC(=O)OCC(COC(=O)CCCC(=O)N(CCCCCC)CCCCCC)(COC(=O)CCCC(=O)N(CCCCCC)CCCCCC)NC(=O)CCN1CCCCC1. The number of carbonyl (C=O) groups is 7. The van der Waals surface area contributed by atoms with Crippen LogP contribution in [-0.4, -0.2) is 145 Å². The van der Waals surface area contributed by atoms with Crippen molar-refractivity contribution in [3.05, 3.63) is 0 Å². The van der Waals surface area contributed by atoms with Gasteiger partial charge in [-0.05, 0) is 83.7 Å². The van der Waals surface area contributed by atoms with E-state index in [0.29, 0.717) is 45.8 Å². The Morgan fingerprint density at radius 1 is 0.359 bits per heavy atom. The minimum Gasteiger partial charge on any atom is -0.463 e. The molecule has 0 aliphatic carbocycles. The second-order valence-corrected chi connectivity index (χ2v) is 22.5. The first-order valence-corrected chi connectivity index (χ1v) is 32.2. The third-order valence-corrected chi connectivity index (χ3v) is 15.1. The molecule has 15 nitrogen and oxygen atoms in total. The number of piperidine rings is 1. The van der Waals surface area contributed by atoms with Crippen LogP contribution in [-0.2, 0) is 47.8 Å². The Hall–Kier alpha value is -3.75. The van der Waals surface area contributed by atoms with Gasteiger partial charge in [-0.3, -0.25) is 33.6 Å². The van der Waals surface area contributed by atoms with Crippen LogP contribution in [0.15, 0.2) is 0 Å². The number of likely N-dealkylation sites (tertiary alicyclic amines) is 1. The second kappa shape index (κ2) is 49.1. The molecule has 0 radical (unpaired) electrons. The Labute approximate surface area is 475 Å². The first-order valence-electron chi connectivity index (χ1n) is 32.2. The van der Waals surface area contributed by atoms with Crippen molar-refractivity contribution < 1.29 is 47.8 Å². The Balaban J connectivity index is 3.31. The van der Waals surface area contributed by atoms with Crippen LogP contribution in [0.5, 0.6) is 0 Å². The lowest BCUT2D eigenvalue weighted by Gasteiger charge is -2.34. The van der Waals surface area contributed by atoms with E-state index in [1.54, 1.807) is 0 Å². The summed E-state index contributed by atoms with van der Waals surface area (Å²) in [5.41, 5.74) is -1.64. The number of carbonyl (C=O) groups excluding carboxylic acids is 7. The van der Waals surface area contributed by atoms with Gasteiger partial charge < -0.3 is 39.1 Å². The monoisotopic (exact) mass is 1100 g/mol. The summed E-state index contributed by atoms with van der Waals surface area (Å²) in [6.45, 7) is 18.1. The Bertz CT molecular complexity index is 1390. The number of rotatable bonds is 52. The molecule has 1 aliphatic rings. The second-order valence-electron chi connectivity index (χ2n) is 22.5. The first-order chi connectivity index (χ1) is 37.9. The highest BCUT2D eigenvalue weighted by Crippen LogP contribution is 2.18. The number of hydrogen-bond donors (Lipinski definition) is 1. The summed E-state index contributed by atoms with van der Waals surface area (Å²) in [5.74, 6) is -2.09. The van der Waals surface area contributed by atoms with Crippen LogP contribution in [0.4, 0.5) is 0 Å². The first kappa shape index (κ1) is 72.3. The molecule has 0 aromatic heterocycles. The highest BCUT2D eigenvalue weighted by molar-refractivity contribution is 5.79. The molecule has 0 bridgehead atoms. The average Bonchev–Trinajstić information content (AvgIpc) is 3.43. The number of ether oxygens (including phenoxy) is 3. The lowest BCUT2D eigenvalue weighted by atomic mass is 10.0. The smallest absolute Gasteiger partial charge is 0.305 e. The maximum absolute atomic E-state index is 14.0. The van der Waals surface area contributed by atoms with E-state index in [4.69, 9.17) is 14.2 Å². The van der Waals surface area contributed by atoms with Crippen LogP contribution in [0.3, 0.4) is 0 Å². The van der Waals surface area contributed by atoms with Crippen molar-refractivity contribution in [1.82, 2.24) is 24.9 Å². The van der Waals surface area contributed by atoms with E-state index in [0.717, 1.165) is 186 Å². The molecule has 15 heteroatoms. The van der Waals surface area contributed by atoms with Crippen molar-refractivity contribution in [2.75, 3.05) is 78.7 Å². The summed E-state index contributed by atoms with van der Waals surface area (Å²) in [6.07, 6.45) is 30.1. The standard InChI is InChI=1S/C63H117N5O10/c1-7-13-19-28-46-66(47-29-20-14-8-2)57(70)37-34-40-60(73)76-53-63(64-56(69)43-52-65-44-26-25-27-45-65,54-77-61(74)41-35-38-58(71)67(48-30-21-15-9-3)49-31-22-16-10-4)55-78-62(75)42-36-39-59(72)68(50-32-23-17-11-5)51-33-24-18-12-6/h7-55H2,1-6H3,(H,64,69). The zero-order valence-corrected chi connectivity index (χ0v) is 51.0. The summed E-state index contributed by atoms with van der Waals surface area (Å²) in [5, 5.41) is 3.00. The van der Waals surface area contributed by atoms with Crippen LogP contribution >= 0.6 is 0 Å². The number of nitrogens with one attached hydrogen (secondary N) is 1. The van der Waals surface area contributed by atoms with Gasteiger partial charge in [-0.15, -0.1) is 0 Å². The van der Waals surface area contributed by atoms with E-state index >= 15 is 0 Å². The summed E-state index contributed by atoms with van der Waals surface area (Å²) in [6, 6.07) is 0. The van der Waals surface area contributed by atoms with Crippen LogP contribution < -0.4 is 5.32 Å². The minimum atomic E-state index is -1.64. The van der Waals surface area contributed by atoms with Crippen molar-refractivity contribution in [2.24, 2.45) is 0 Å². The summed E-state index contributed by atoms with van der Waals surface area (Å²) in [4.78, 5) is 103. The zero-order valence-electron chi connectivity index (χ0n) is 51.0. The van der Waals surface area contributed by atoms with E-state index in [1.807, 2.05) is 14.7 Å². The molecule has 0 spiro atoms. The third-order valence-electron chi connectivity index (χ3n) is 15.1. The molecule has 1 saturated heterocycles. The van der Waals surface area contributed by atoms with Gasteiger partial charge in [-0.2, -0.15) is 0 Å². The van der Waals surface area contributed by atoms with Crippen LogP contribution in [0.2, 0.25) is 0 Å².